The van der Waals surface area contributed by atoms with Crippen molar-refractivity contribution in [1.29, 1.82) is 0 Å². The van der Waals surface area contributed by atoms with E-state index in [9.17, 15) is 4.57 Å². The first-order valence-electron chi connectivity index (χ1n) is 3.71. The first kappa shape index (κ1) is 9.55. The van der Waals surface area contributed by atoms with Gasteiger partial charge in [0.25, 0.3) is 0 Å². The number of benzene rings is 1. The molecule has 14 heavy (non-hydrogen) atoms. The monoisotopic (exact) mass is 216 g/mol. The molecule has 0 bridgehead atoms. The molecule has 1 aliphatic rings. The van der Waals surface area contributed by atoms with Crippen LogP contribution in [0.25, 0.3) is 0 Å². The molecule has 0 spiro atoms. The predicted octanol–water partition coefficient (Wildman–Crippen LogP) is 0.552. The molecule has 1 heterocycles. The second-order valence-corrected chi connectivity index (χ2v) is 3.76. The van der Waals surface area contributed by atoms with Crippen molar-refractivity contribution in [2.45, 2.75) is 0 Å². The minimum atomic E-state index is -4.59. The van der Waals surface area contributed by atoms with Gasteiger partial charge in [0.15, 0.2) is 0 Å². The van der Waals surface area contributed by atoms with E-state index in [4.69, 9.17) is 19.1 Å². The van der Waals surface area contributed by atoms with Gasteiger partial charge in [-0.3, -0.25) is 4.44 Å². The number of rotatable bonds is 2. The average molecular weight is 216 g/mol. The van der Waals surface area contributed by atoms with Crippen LogP contribution in [0.1, 0.15) is 0 Å². The summed E-state index contributed by atoms with van der Waals surface area (Å²) in [7, 11) is -5.97. The van der Waals surface area contributed by atoms with Gasteiger partial charge in [0, 0.05) is 0 Å². The number of hydrogen-bond acceptors (Lipinski definition) is 4. The maximum absolute atomic E-state index is 10.5. The Balaban J connectivity index is 2.09. The Labute approximate surface area is 79.8 Å². The lowest BCUT2D eigenvalue weighted by Gasteiger charge is -2.05. The molecule has 0 saturated heterocycles. The molecule has 6 nitrogen and oxygen atoms in total. The summed E-state index contributed by atoms with van der Waals surface area (Å²) in [5.41, 5.74) is 0. The van der Waals surface area contributed by atoms with Crippen molar-refractivity contribution in [2.24, 2.45) is 0 Å². The van der Waals surface area contributed by atoms with Gasteiger partial charge in [0.05, 0.1) is 0 Å². The molecule has 1 aliphatic heterocycles. The molecule has 74 valence electrons. The standard InChI is InChI=1S/C6H6BO6P/c8-14(9,10)13-7-11-5-3-1-2-4-6(5)12-7/h1-4H,(H2,8,9,10). The maximum atomic E-state index is 10.5. The van der Waals surface area contributed by atoms with Gasteiger partial charge in [-0.15, -0.1) is 0 Å². The number of phosphoric acid groups is 1. The van der Waals surface area contributed by atoms with Gasteiger partial charge in [-0.2, -0.15) is 0 Å². The summed E-state index contributed by atoms with van der Waals surface area (Å²) in [4.78, 5) is 17.0. The zero-order valence-corrected chi connectivity index (χ0v) is 7.76. The molecule has 2 rings (SSSR count). The van der Waals surface area contributed by atoms with E-state index in [1.807, 2.05) is 0 Å². The highest BCUT2D eigenvalue weighted by Gasteiger charge is 2.41. The van der Waals surface area contributed by atoms with Crippen LogP contribution in [-0.4, -0.2) is 17.1 Å². The first-order valence-corrected chi connectivity index (χ1v) is 5.24. The second-order valence-electron chi connectivity index (χ2n) is 2.57. The van der Waals surface area contributed by atoms with Gasteiger partial charge in [-0.1, -0.05) is 12.1 Å². The molecular formula is C6H6BO6P. The van der Waals surface area contributed by atoms with E-state index in [2.05, 4.69) is 4.44 Å². The highest BCUT2D eigenvalue weighted by Crippen LogP contribution is 2.41. The van der Waals surface area contributed by atoms with Crippen LogP contribution in [0.15, 0.2) is 24.3 Å². The molecule has 0 aromatic heterocycles. The quantitative estimate of drug-likeness (QED) is 0.554. The average Bonchev–Trinajstić information content (AvgIpc) is 2.42. The number of hydrogen-bond donors (Lipinski definition) is 2. The van der Waals surface area contributed by atoms with Crippen LogP contribution >= 0.6 is 7.82 Å². The summed E-state index contributed by atoms with van der Waals surface area (Å²) >= 11 is 0. The Hall–Kier alpha value is -1.01. The lowest BCUT2D eigenvalue weighted by molar-refractivity contribution is 0.244. The Morgan fingerprint density at radius 1 is 1.21 bits per heavy atom. The lowest BCUT2D eigenvalue weighted by atomic mass is 10.3. The van der Waals surface area contributed by atoms with E-state index in [1.54, 1.807) is 24.3 Å². The summed E-state index contributed by atoms with van der Waals surface area (Å²) < 4.78 is 24.5. The fourth-order valence-electron chi connectivity index (χ4n) is 1.03. The molecule has 0 saturated carbocycles. The maximum Gasteiger partial charge on any atom is 0.796 e. The minimum absolute atomic E-state index is 0.394. The molecule has 0 amide bonds. The summed E-state index contributed by atoms with van der Waals surface area (Å²) in [6, 6.07) is 6.64. The van der Waals surface area contributed by atoms with Crippen LogP contribution < -0.4 is 9.31 Å². The normalized spacial score (nSPS) is 14.6. The Bertz CT molecular complexity index is 365. The van der Waals surface area contributed by atoms with Gasteiger partial charge in [0.1, 0.15) is 11.5 Å². The van der Waals surface area contributed by atoms with Gasteiger partial charge in [0.2, 0.25) is 0 Å². The van der Waals surface area contributed by atoms with Crippen LogP contribution in [-0.2, 0) is 9.01 Å². The van der Waals surface area contributed by atoms with E-state index in [0.29, 0.717) is 11.5 Å². The number of para-hydroxylation sites is 2. The first-order chi connectivity index (χ1) is 6.54. The molecule has 1 aromatic carbocycles. The molecule has 0 atom stereocenters. The fourth-order valence-corrected chi connectivity index (χ4v) is 1.34. The van der Waals surface area contributed by atoms with Crippen molar-refractivity contribution < 1.29 is 28.1 Å². The summed E-state index contributed by atoms with van der Waals surface area (Å²) in [6.45, 7) is 0. The zero-order valence-electron chi connectivity index (χ0n) is 6.86. The Kier molecular flexibility index (Phi) is 2.24. The Morgan fingerprint density at radius 2 is 1.71 bits per heavy atom. The predicted molar refractivity (Wildman–Crippen MR) is 46.6 cm³/mol. The van der Waals surface area contributed by atoms with Crippen LogP contribution in [0.3, 0.4) is 0 Å². The van der Waals surface area contributed by atoms with Crippen LogP contribution in [0.5, 0.6) is 11.5 Å². The van der Waals surface area contributed by atoms with Crippen molar-refractivity contribution in [1.82, 2.24) is 0 Å². The summed E-state index contributed by atoms with van der Waals surface area (Å²) in [5, 5.41) is 0. The van der Waals surface area contributed by atoms with Crippen molar-refractivity contribution >= 4 is 15.1 Å². The van der Waals surface area contributed by atoms with Crippen LogP contribution in [0, 0.1) is 0 Å². The molecule has 0 radical (unpaired) electrons. The van der Waals surface area contributed by atoms with Gasteiger partial charge >= 0.3 is 15.1 Å². The molecule has 0 aliphatic carbocycles. The highest BCUT2D eigenvalue weighted by molar-refractivity contribution is 7.47. The fraction of sp³-hybridized carbons (Fsp3) is 0. The molecule has 0 fully saturated rings. The molecule has 8 heteroatoms. The van der Waals surface area contributed by atoms with E-state index in [-0.39, 0.29) is 0 Å². The third-order valence-corrected chi connectivity index (χ3v) is 1.97. The largest absolute Gasteiger partial charge is 0.796 e. The van der Waals surface area contributed by atoms with Crippen molar-refractivity contribution in [3.05, 3.63) is 24.3 Å². The lowest BCUT2D eigenvalue weighted by Crippen LogP contribution is -2.27. The second kappa shape index (κ2) is 3.29. The van der Waals surface area contributed by atoms with E-state index >= 15 is 0 Å². The van der Waals surface area contributed by atoms with E-state index in [0.717, 1.165) is 0 Å². The molecule has 2 N–H and O–H groups in total. The SMILES string of the molecule is O=P(O)(O)OB1Oc2ccccc2O1. The van der Waals surface area contributed by atoms with E-state index < -0.39 is 15.1 Å². The minimum Gasteiger partial charge on any atom is -0.497 e. The summed E-state index contributed by atoms with van der Waals surface area (Å²) in [6.07, 6.45) is 0. The van der Waals surface area contributed by atoms with Crippen molar-refractivity contribution in [3.8, 4) is 11.5 Å². The smallest absolute Gasteiger partial charge is 0.497 e. The molecule has 1 aromatic rings. The zero-order chi connectivity index (χ0) is 10.2. The van der Waals surface area contributed by atoms with Gasteiger partial charge < -0.3 is 19.1 Å². The number of fused-ring (bicyclic) bond motifs is 1. The van der Waals surface area contributed by atoms with Crippen molar-refractivity contribution in [3.63, 3.8) is 0 Å². The Morgan fingerprint density at radius 3 is 2.14 bits per heavy atom. The molecular weight excluding hydrogens is 210 g/mol. The van der Waals surface area contributed by atoms with Crippen molar-refractivity contribution in [2.75, 3.05) is 0 Å². The van der Waals surface area contributed by atoms with Crippen LogP contribution in [0.2, 0.25) is 0 Å². The highest BCUT2D eigenvalue weighted by atomic mass is 31.2. The summed E-state index contributed by atoms with van der Waals surface area (Å²) in [5.74, 6) is 0.789. The van der Waals surface area contributed by atoms with E-state index in [1.165, 1.54) is 0 Å². The molecule has 0 unspecified atom stereocenters. The third kappa shape index (κ3) is 2.08. The van der Waals surface area contributed by atoms with Gasteiger partial charge in [-0.05, 0) is 12.1 Å². The third-order valence-electron chi connectivity index (χ3n) is 1.52. The topological polar surface area (TPSA) is 85.2 Å². The van der Waals surface area contributed by atoms with Crippen LogP contribution in [0.4, 0.5) is 0 Å². The van der Waals surface area contributed by atoms with Gasteiger partial charge in [-0.25, -0.2) is 4.57 Å².